The monoisotopic (exact) mass is 300 g/mol. The molecule has 20 heavy (non-hydrogen) atoms. The van der Waals surface area contributed by atoms with E-state index in [-0.39, 0.29) is 30.8 Å². The zero-order valence-electron chi connectivity index (χ0n) is 11.9. The van der Waals surface area contributed by atoms with E-state index in [4.69, 9.17) is 5.73 Å². The van der Waals surface area contributed by atoms with Gasteiger partial charge < -0.3 is 10.5 Å². The molecule has 0 saturated carbocycles. The average Bonchev–Trinajstić information content (AvgIpc) is 2.43. The quantitative estimate of drug-likeness (QED) is 0.838. The van der Waals surface area contributed by atoms with Gasteiger partial charge in [0, 0.05) is 5.69 Å². The number of benzene rings is 1. The minimum absolute atomic E-state index is 0. The van der Waals surface area contributed by atoms with Crippen LogP contribution in [0.5, 0.6) is 0 Å². The van der Waals surface area contributed by atoms with E-state index >= 15 is 0 Å². The summed E-state index contributed by atoms with van der Waals surface area (Å²) in [6.07, 6.45) is 0. The lowest BCUT2D eigenvalue weighted by molar-refractivity contribution is -0.140. The molecule has 5 nitrogen and oxygen atoms in total. The Kier molecular flexibility index (Phi) is 7.87. The summed E-state index contributed by atoms with van der Waals surface area (Å²) in [5.74, 6) is -0.767. The summed E-state index contributed by atoms with van der Waals surface area (Å²) < 4.78 is 4.62. The second kappa shape index (κ2) is 8.55. The van der Waals surface area contributed by atoms with Gasteiger partial charge in [-0.3, -0.25) is 14.5 Å². The van der Waals surface area contributed by atoms with Gasteiger partial charge >= 0.3 is 5.97 Å². The van der Waals surface area contributed by atoms with E-state index < -0.39 is 12.0 Å². The molecule has 2 N–H and O–H groups in total. The van der Waals surface area contributed by atoms with Gasteiger partial charge in [0.25, 0.3) is 0 Å². The van der Waals surface area contributed by atoms with Gasteiger partial charge in [0.05, 0.1) is 13.2 Å². The number of halogens is 1. The van der Waals surface area contributed by atoms with Crippen LogP contribution < -0.4 is 10.6 Å². The largest absolute Gasteiger partial charge is 0.468 e. The summed E-state index contributed by atoms with van der Waals surface area (Å²) in [5.41, 5.74) is 6.51. The fourth-order valence-corrected chi connectivity index (χ4v) is 1.56. The fourth-order valence-electron chi connectivity index (χ4n) is 1.56. The van der Waals surface area contributed by atoms with Crippen molar-refractivity contribution >= 4 is 30.0 Å². The van der Waals surface area contributed by atoms with Gasteiger partial charge in [-0.2, -0.15) is 0 Å². The molecule has 0 fully saturated rings. The molecule has 0 spiro atoms. The van der Waals surface area contributed by atoms with E-state index in [0.29, 0.717) is 5.69 Å². The van der Waals surface area contributed by atoms with E-state index in [1.54, 1.807) is 24.3 Å². The van der Waals surface area contributed by atoms with Crippen molar-refractivity contribution in [2.75, 3.05) is 18.6 Å². The lowest BCUT2D eigenvalue weighted by Gasteiger charge is -2.26. The Morgan fingerprint density at radius 3 is 2.25 bits per heavy atom. The predicted octanol–water partition coefficient (Wildman–Crippen LogP) is 1.60. The van der Waals surface area contributed by atoms with Crippen LogP contribution in [0.1, 0.15) is 13.8 Å². The Labute approximate surface area is 125 Å². The Hall–Kier alpha value is -1.59. The third kappa shape index (κ3) is 4.83. The van der Waals surface area contributed by atoms with Gasteiger partial charge in [-0.1, -0.05) is 32.0 Å². The molecule has 0 aliphatic rings. The van der Waals surface area contributed by atoms with Crippen LogP contribution >= 0.6 is 12.4 Å². The third-order valence-electron chi connectivity index (χ3n) is 2.85. The number of carbonyl (C=O) groups excluding carboxylic acids is 2. The molecule has 0 saturated heterocycles. The molecule has 1 atom stereocenters. The van der Waals surface area contributed by atoms with Crippen molar-refractivity contribution in [2.45, 2.75) is 19.9 Å². The summed E-state index contributed by atoms with van der Waals surface area (Å²) in [5, 5.41) is 0. The Morgan fingerprint density at radius 1 is 1.25 bits per heavy atom. The Balaban J connectivity index is 0.00000361. The van der Waals surface area contributed by atoms with Crippen molar-refractivity contribution < 1.29 is 14.3 Å². The van der Waals surface area contributed by atoms with Crippen LogP contribution in [0.4, 0.5) is 5.69 Å². The minimum atomic E-state index is -0.648. The van der Waals surface area contributed by atoms with Crippen molar-refractivity contribution in [1.29, 1.82) is 0 Å². The molecule has 0 radical (unpaired) electrons. The van der Waals surface area contributed by atoms with Crippen LogP contribution in [0.15, 0.2) is 30.3 Å². The highest BCUT2D eigenvalue weighted by molar-refractivity contribution is 6.00. The summed E-state index contributed by atoms with van der Waals surface area (Å²) >= 11 is 0. The highest BCUT2D eigenvalue weighted by atomic mass is 35.5. The number of hydrogen-bond donors (Lipinski definition) is 1. The molecular formula is C14H21ClN2O3. The number of para-hydroxylation sites is 1. The highest BCUT2D eigenvalue weighted by Gasteiger charge is 2.26. The second-order valence-corrected chi connectivity index (χ2v) is 4.61. The number of nitrogens with two attached hydrogens (primary N) is 1. The Bertz CT molecular complexity index is 437. The summed E-state index contributed by atoms with van der Waals surface area (Å²) in [6, 6.07) is 8.31. The number of amides is 1. The SMILES string of the molecule is COC(=O)CN(C(=O)[C@@H](N)C(C)C)c1ccccc1.Cl. The molecular weight excluding hydrogens is 280 g/mol. The maximum absolute atomic E-state index is 12.3. The average molecular weight is 301 g/mol. The molecule has 1 amide bonds. The topological polar surface area (TPSA) is 72.6 Å². The fraction of sp³-hybridized carbons (Fsp3) is 0.429. The number of esters is 1. The van der Waals surface area contributed by atoms with Gasteiger partial charge in [0.1, 0.15) is 6.54 Å². The number of anilines is 1. The lowest BCUT2D eigenvalue weighted by Crippen LogP contribution is -2.48. The van der Waals surface area contributed by atoms with Crippen molar-refractivity contribution in [2.24, 2.45) is 11.7 Å². The number of ether oxygens (including phenoxy) is 1. The van der Waals surface area contributed by atoms with Crippen LogP contribution in [-0.2, 0) is 14.3 Å². The molecule has 6 heteroatoms. The van der Waals surface area contributed by atoms with E-state index in [1.807, 2.05) is 19.9 Å². The molecule has 0 aliphatic carbocycles. The molecule has 1 rings (SSSR count). The van der Waals surface area contributed by atoms with Gasteiger partial charge in [0.15, 0.2) is 0 Å². The van der Waals surface area contributed by atoms with Crippen molar-refractivity contribution in [3.05, 3.63) is 30.3 Å². The molecule has 0 bridgehead atoms. The first-order chi connectivity index (χ1) is 8.97. The standard InChI is InChI=1S/C14H20N2O3.ClH/c1-10(2)13(15)14(18)16(9-12(17)19-3)11-7-5-4-6-8-11;/h4-8,10,13H,9,15H2,1-3H3;1H/t13-;/m0./s1. The van der Waals surface area contributed by atoms with E-state index in [1.165, 1.54) is 12.0 Å². The van der Waals surface area contributed by atoms with Gasteiger partial charge in [-0.05, 0) is 18.1 Å². The van der Waals surface area contributed by atoms with E-state index in [2.05, 4.69) is 4.74 Å². The maximum atomic E-state index is 12.3. The maximum Gasteiger partial charge on any atom is 0.325 e. The minimum Gasteiger partial charge on any atom is -0.468 e. The van der Waals surface area contributed by atoms with Crippen molar-refractivity contribution in [1.82, 2.24) is 0 Å². The van der Waals surface area contributed by atoms with E-state index in [9.17, 15) is 9.59 Å². The first-order valence-corrected chi connectivity index (χ1v) is 6.16. The molecule has 0 unspecified atom stereocenters. The van der Waals surface area contributed by atoms with Gasteiger partial charge in [-0.15, -0.1) is 12.4 Å². The summed E-state index contributed by atoms with van der Waals surface area (Å²) in [7, 11) is 1.29. The third-order valence-corrected chi connectivity index (χ3v) is 2.85. The van der Waals surface area contributed by atoms with Crippen molar-refractivity contribution in [3.63, 3.8) is 0 Å². The Morgan fingerprint density at radius 2 is 1.80 bits per heavy atom. The number of rotatable bonds is 5. The molecule has 0 aliphatic heterocycles. The number of carbonyl (C=O) groups is 2. The summed E-state index contributed by atoms with van der Waals surface area (Å²) in [6.45, 7) is 3.59. The molecule has 1 aromatic carbocycles. The number of methoxy groups -OCH3 is 1. The smallest absolute Gasteiger partial charge is 0.325 e. The molecule has 0 heterocycles. The first-order valence-electron chi connectivity index (χ1n) is 6.16. The van der Waals surface area contributed by atoms with Crippen LogP contribution in [0.3, 0.4) is 0 Å². The second-order valence-electron chi connectivity index (χ2n) is 4.61. The number of hydrogen-bond acceptors (Lipinski definition) is 4. The highest BCUT2D eigenvalue weighted by Crippen LogP contribution is 2.16. The van der Waals surface area contributed by atoms with Crippen molar-refractivity contribution in [3.8, 4) is 0 Å². The van der Waals surface area contributed by atoms with Gasteiger partial charge in [0.2, 0.25) is 5.91 Å². The van der Waals surface area contributed by atoms with Gasteiger partial charge in [-0.25, -0.2) is 0 Å². The van der Waals surface area contributed by atoms with Crippen LogP contribution in [0, 0.1) is 5.92 Å². The first kappa shape index (κ1) is 18.4. The molecule has 1 aromatic rings. The molecule has 112 valence electrons. The number of nitrogens with zero attached hydrogens (tertiary/aromatic N) is 1. The van der Waals surface area contributed by atoms with Crippen LogP contribution in [0.25, 0.3) is 0 Å². The summed E-state index contributed by atoms with van der Waals surface area (Å²) in [4.78, 5) is 25.1. The normalized spacial score (nSPS) is 11.4. The van der Waals surface area contributed by atoms with E-state index in [0.717, 1.165) is 0 Å². The van der Waals surface area contributed by atoms with Crippen LogP contribution in [0.2, 0.25) is 0 Å². The van der Waals surface area contributed by atoms with Crippen LogP contribution in [-0.4, -0.2) is 31.6 Å². The zero-order valence-corrected chi connectivity index (χ0v) is 12.7. The lowest BCUT2D eigenvalue weighted by atomic mass is 10.0. The predicted molar refractivity (Wildman–Crippen MR) is 80.9 cm³/mol. The molecule has 0 aromatic heterocycles. The zero-order chi connectivity index (χ0) is 14.4.